The predicted octanol–water partition coefficient (Wildman–Crippen LogP) is 2.37. The summed E-state index contributed by atoms with van der Waals surface area (Å²) in [6.45, 7) is 4.29. The molecule has 1 heteroatoms. The normalized spacial score (nSPS) is 14.8. The summed E-state index contributed by atoms with van der Waals surface area (Å²) in [5, 5.41) is 0. The van der Waals surface area contributed by atoms with Crippen molar-refractivity contribution in [2.75, 3.05) is 5.73 Å². The lowest BCUT2D eigenvalue weighted by molar-refractivity contribution is 0.910. The van der Waals surface area contributed by atoms with Gasteiger partial charge in [0.05, 0.1) is 0 Å². The largest absolute Gasteiger partial charge is 0.398 e. The maximum Gasteiger partial charge on any atom is 0.0379 e. The van der Waals surface area contributed by atoms with Crippen LogP contribution in [0.15, 0.2) is 6.07 Å². The first-order valence-corrected chi connectivity index (χ1v) is 4.57. The molecule has 64 valence electrons. The number of anilines is 1. The van der Waals surface area contributed by atoms with E-state index in [9.17, 15) is 0 Å². The fourth-order valence-electron chi connectivity index (χ4n) is 2.20. The van der Waals surface area contributed by atoms with Gasteiger partial charge in [-0.3, -0.25) is 0 Å². The van der Waals surface area contributed by atoms with E-state index >= 15 is 0 Å². The predicted molar refractivity (Wildman–Crippen MR) is 52.4 cm³/mol. The van der Waals surface area contributed by atoms with Crippen LogP contribution in [-0.2, 0) is 12.8 Å². The van der Waals surface area contributed by atoms with E-state index < -0.39 is 0 Å². The Bertz CT molecular complexity index is 326. The lowest BCUT2D eigenvalue weighted by Gasteiger charge is -2.10. The van der Waals surface area contributed by atoms with Gasteiger partial charge in [-0.15, -0.1) is 0 Å². The molecule has 0 fully saturated rings. The van der Waals surface area contributed by atoms with Crippen molar-refractivity contribution in [1.82, 2.24) is 0 Å². The second-order valence-electron chi connectivity index (χ2n) is 3.73. The Hall–Kier alpha value is -0.980. The molecule has 2 rings (SSSR count). The molecule has 0 saturated heterocycles. The molecule has 0 unspecified atom stereocenters. The van der Waals surface area contributed by atoms with Crippen molar-refractivity contribution in [1.29, 1.82) is 0 Å². The van der Waals surface area contributed by atoms with Gasteiger partial charge >= 0.3 is 0 Å². The minimum Gasteiger partial charge on any atom is -0.398 e. The highest BCUT2D eigenvalue weighted by molar-refractivity contribution is 5.60. The summed E-state index contributed by atoms with van der Waals surface area (Å²) in [5.74, 6) is 0. The van der Waals surface area contributed by atoms with Gasteiger partial charge in [-0.25, -0.2) is 0 Å². The third-order valence-electron chi connectivity index (χ3n) is 2.88. The second-order valence-corrected chi connectivity index (χ2v) is 3.73. The summed E-state index contributed by atoms with van der Waals surface area (Å²) >= 11 is 0. The third kappa shape index (κ3) is 0.927. The van der Waals surface area contributed by atoms with E-state index in [1.165, 1.54) is 41.5 Å². The van der Waals surface area contributed by atoms with Crippen LogP contribution in [0, 0.1) is 13.8 Å². The zero-order valence-corrected chi connectivity index (χ0v) is 7.78. The van der Waals surface area contributed by atoms with Gasteiger partial charge in [0.25, 0.3) is 0 Å². The van der Waals surface area contributed by atoms with Gasteiger partial charge in [-0.2, -0.15) is 0 Å². The molecule has 1 aromatic rings. The van der Waals surface area contributed by atoms with Crippen molar-refractivity contribution in [3.05, 3.63) is 28.3 Å². The topological polar surface area (TPSA) is 26.0 Å². The fourth-order valence-corrected chi connectivity index (χ4v) is 2.20. The zero-order chi connectivity index (χ0) is 8.72. The van der Waals surface area contributed by atoms with Crippen LogP contribution in [0.3, 0.4) is 0 Å². The van der Waals surface area contributed by atoms with Gasteiger partial charge in [0.1, 0.15) is 0 Å². The van der Waals surface area contributed by atoms with Gasteiger partial charge in [-0.05, 0) is 55.4 Å². The van der Waals surface area contributed by atoms with E-state index in [-0.39, 0.29) is 0 Å². The van der Waals surface area contributed by atoms with Crippen molar-refractivity contribution in [2.45, 2.75) is 33.1 Å². The Balaban J connectivity index is 2.69. The van der Waals surface area contributed by atoms with Crippen LogP contribution < -0.4 is 5.73 Å². The molecule has 2 N–H and O–H groups in total. The van der Waals surface area contributed by atoms with Gasteiger partial charge in [-0.1, -0.05) is 6.07 Å². The summed E-state index contributed by atoms with van der Waals surface area (Å²) in [6.07, 6.45) is 3.69. The van der Waals surface area contributed by atoms with Crippen LogP contribution in [0.2, 0.25) is 0 Å². The van der Waals surface area contributed by atoms with Crippen molar-refractivity contribution in [3.8, 4) is 0 Å². The molecule has 0 atom stereocenters. The highest BCUT2D eigenvalue weighted by Gasteiger charge is 2.16. The van der Waals surface area contributed by atoms with Crippen LogP contribution in [-0.4, -0.2) is 0 Å². The highest BCUT2D eigenvalue weighted by atomic mass is 14.6. The zero-order valence-electron chi connectivity index (χ0n) is 7.78. The summed E-state index contributed by atoms with van der Waals surface area (Å²) in [7, 11) is 0. The average molecular weight is 161 g/mol. The number of fused-ring (bicyclic) bond motifs is 1. The molecule has 0 saturated carbocycles. The van der Waals surface area contributed by atoms with E-state index in [4.69, 9.17) is 5.73 Å². The molecule has 0 spiro atoms. The van der Waals surface area contributed by atoms with Crippen molar-refractivity contribution < 1.29 is 0 Å². The second kappa shape index (κ2) is 2.51. The van der Waals surface area contributed by atoms with Crippen LogP contribution in [0.25, 0.3) is 0 Å². The highest BCUT2D eigenvalue weighted by Crippen LogP contribution is 2.31. The first-order chi connectivity index (χ1) is 5.70. The molecular weight excluding hydrogens is 146 g/mol. The third-order valence-corrected chi connectivity index (χ3v) is 2.88. The van der Waals surface area contributed by atoms with Crippen molar-refractivity contribution >= 4 is 5.69 Å². The van der Waals surface area contributed by atoms with Gasteiger partial charge in [0.15, 0.2) is 0 Å². The Morgan fingerprint density at radius 2 is 1.75 bits per heavy atom. The van der Waals surface area contributed by atoms with Crippen LogP contribution in [0.4, 0.5) is 5.69 Å². The van der Waals surface area contributed by atoms with Crippen molar-refractivity contribution in [3.63, 3.8) is 0 Å². The molecule has 1 aliphatic carbocycles. The standard InChI is InChI=1S/C11H15N/c1-7-6-8(2)11(12)10-5-3-4-9(7)10/h6H,3-5,12H2,1-2H3. The lowest BCUT2D eigenvalue weighted by atomic mass is 9.99. The first kappa shape index (κ1) is 7.66. The van der Waals surface area contributed by atoms with E-state index in [2.05, 4.69) is 19.9 Å². The number of nitrogen functional groups attached to an aromatic ring is 1. The number of nitrogens with two attached hydrogens (primary N) is 1. The Morgan fingerprint density at radius 3 is 2.50 bits per heavy atom. The number of rotatable bonds is 0. The Labute approximate surface area is 73.6 Å². The number of benzene rings is 1. The molecule has 0 heterocycles. The Kier molecular flexibility index (Phi) is 1.60. The van der Waals surface area contributed by atoms with Crippen LogP contribution in [0.5, 0.6) is 0 Å². The molecule has 0 aromatic heterocycles. The molecule has 12 heavy (non-hydrogen) atoms. The van der Waals surface area contributed by atoms with E-state index in [0.29, 0.717) is 0 Å². The average Bonchev–Trinajstić information content (AvgIpc) is 2.48. The molecule has 0 aliphatic heterocycles. The lowest BCUT2D eigenvalue weighted by Crippen LogP contribution is -1.98. The molecule has 1 nitrogen and oxygen atoms in total. The smallest absolute Gasteiger partial charge is 0.0379 e. The number of hydrogen-bond donors (Lipinski definition) is 1. The monoisotopic (exact) mass is 161 g/mol. The molecule has 1 aliphatic rings. The summed E-state index contributed by atoms with van der Waals surface area (Å²) < 4.78 is 0. The van der Waals surface area contributed by atoms with E-state index in [0.717, 1.165) is 5.69 Å². The quantitative estimate of drug-likeness (QED) is 0.581. The maximum atomic E-state index is 6.00. The molecular formula is C11H15N. The fraction of sp³-hybridized carbons (Fsp3) is 0.455. The molecule has 0 amide bonds. The van der Waals surface area contributed by atoms with E-state index in [1.807, 2.05) is 0 Å². The summed E-state index contributed by atoms with van der Waals surface area (Å²) in [4.78, 5) is 0. The van der Waals surface area contributed by atoms with E-state index in [1.54, 1.807) is 0 Å². The minimum atomic E-state index is 1.04. The minimum absolute atomic E-state index is 1.04. The SMILES string of the molecule is Cc1cc(C)c2c(c1N)CCC2. The molecule has 0 radical (unpaired) electrons. The van der Waals surface area contributed by atoms with Gasteiger partial charge in [0.2, 0.25) is 0 Å². The Morgan fingerprint density at radius 1 is 1.08 bits per heavy atom. The van der Waals surface area contributed by atoms with Crippen LogP contribution >= 0.6 is 0 Å². The van der Waals surface area contributed by atoms with Gasteiger partial charge < -0.3 is 5.73 Å². The van der Waals surface area contributed by atoms with Gasteiger partial charge in [0, 0.05) is 5.69 Å². The number of aryl methyl sites for hydroxylation is 2. The molecule has 0 bridgehead atoms. The summed E-state index contributed by atoms with van der Waals surface area (Å²) in [5.41, 5.74) is 12.6. The molecule has 1 aromatic carbocycles. The first-order valence-electron chi connectivity index (χ1n) is 4.57. The maximum absolute atomic E-state index is 6.00. The number of hydrogen-bond acceptors (Lipinski definition) is 1. The van der Waals surface area contributed by atoms with Crippen LogP contribution in [0.1, 0.15) is 28.7 Å². The summed E-state index contributed by atoms with van der Waals surface area (Å²) in [6, 6.07) is 2.21. The van der Waals surface area contributed by atoms with Crippen molar-refractivity contribution in [2.24, 2.45) is 0 Å².